The summed E-state index contributed by atoms with van der Waals surface area (Å²) in [4.78, 5) is 5.44. The van der Waals surface area contributed by atoms with Crippen LogP contribution in [0.4, 0.5) is 35.1 Å². The lowest BCUT2D eigenvalue weighted by atomic mass is 9.84. The summed E-state index contributed by atoms with van der Waals surface area (Å²) in [5.41, 5.74) is 7.89. The molecule has 1 aliphatic heterocycles. The van der Waals surface area contributed by atoms with Crippen LogP contribution in [0.2, 0.25) is 0 Å². The summed E-state index contributed by atoms with van der Waals surface area (Å²) in [5.74, 6) is -9.38. The fourth-order valence-electron chi connectivity index (χ4n) is 8.91. The van der Waals surface area contributed by atoms with Crippen LogP contribution >= 0.6 is 0 Å². The molecule has 76 heavy (non-hydrogen) atoms. The maximum atomic E-state index is 15.3. The normalized spacial score (nSPS) is 14.6. The molecular formula is C62H67BF8N2O3. The number of hydrogen-bond acceptors (Lipinski definition) is 4. The third-order valence-corrected chi connectivity index (χ3v) is 13.6. The molecule has 0 bridgehead atoms. The van der Waals surface area contributed by atoms with Gasteiger partial charge in [0.15, 0.2) is 0 Å². The number of para-hydroxylation sites is 1. The van der Waals surface area contributed by atoms with E-state index in [1.807, 2.05) is 133 Å². The zero-order valence-electron chi connectivity index (χ0n) is 45.5. The Morgan fingerprint density at radius 1 is 0.526 bits per heavy atom. The summed E-state index contributed by atoms with van der Waals surface area (Å²) >= 11 is 0. The van der Waals surface area contributed by atoms with Crippen molar-refractivity contribution in [2.45, 2.75) is 129 Å². The van der Waals surface area contributed by atoms with E-state index in [2.05, 4.69) is 41.5 Å². The highest BCUT2D eigenvalue weighted by Crippen LogP contribution is 2.48. The third-order valence-electron chi connectivity index (χ3n) is 13.6. The highest BCUT2D eigenvalue weighted by molar-refractivity contribution is 6.44. The average Bonchev–Trinajstić information content (AvgIpc) is 3.97. The molecule has 1 aliphatic rings. The Morgan fingerprint density at radius 3 is 1.33 bits per heavy atom. The van der Waals surface area contributed by atoms with Crippen molar-refractivity contribution in [3.8, 4) is 28.1 Å². The maximum absolute atomic E-state index is 15.3. The first-order valence-corrected chi connectivity index (χ1v) is 25.2. The number of allylic oxidation sites excluding steroid dienone is 2. The molecule has 0 radical (unpaired) electrons. The molecule has 14 heteroatoms. The van der Waals surface area contributed by atoms with Crippen LogP contribution in [-0.2, 0) is 31.0 Å². The van der Waals surface area contributed by atoms with Gasteiger partial charge in [-0.25, -0.2) is 22.6 Å². The molecule has 0 atom stereocenters. The van der Waals surface area contributed by atoms with Crippen LogP contribution < -0.4 is 4.74 Å². The lowest BCUT2D eigenvalue weighted by Gasteiger charge is -2.27. The Morgan fingerprint density at radius 2 is 0.921 bits per heavy atom. The van der Waals surface area contributed by atoms with E-state index in [9.17, 15) is 17.6 Å². The minimum Gasteiger partial charge on any atom is -0.496 e. The first-order chi connectivity index (χ1) is 35.3. The van der Waals surface area contributed by atoms with Gasteiger partial charge in [-0.1, -0.05) is 198 Å². The van der Waals surface area contributed by atoms with E-state index in [1.54, 1.807) is 42.5 Å². The molecular weight excluding hydrogens is 983 g/mol. The third kappa shape index (κ3) is 12.6. The Balaban J connectivity index is 1.72. The largest absolute Gasteiger partial charge is 0.598 e. The van der Waals surface area contributed by atoms with E-state index in [0.29, 0.717) is 50.5 Å². The Kier molecular flexibility index (Phi) is 16.4. The second-order valence-corrected chi connectivity index (χ2v) is 23.5. The Hall–Kier alpha value is -6.25. The molecule has 0 fully saturated rings. The number of alkyl halides is 8. The van der Waals surface area contributed by atoms with Crippen molar-refractivity contribution in [3.63, 3.8) is 0 Å². The van der Waals surface area contributed by atoms with E-state index < -0.39 is 45.2 Å². The number of aliphatic imine (C=N–C) groups is 1. The molecule has 0 N–H and O–H groups in total. The van der Waals surface area contributed by atoms with Gasteiger partial charge in [0.1, 0.15) is 19.0 Å². The molecule has 5 nitrogen and oxygen atoms in total. The van der Waals surface area contributed by atoms with Crippen molar-refractivity contribution in [1.29, 1.82) is 0 Å². The number of hydrogen-bond donors (Lipinski definition) is 0. The van der Waals surface area contributed by atoms with E-state index in [4.69, 9.17) is 19.0 Å². The zero-order valence-corrected chi connectivity index (χ0v) is 45.5. The lowest BCUT2D eigenvalue weighted by molar-refractivity contribution is -0.162. The lowest BCUT2D eigenvalue weighted by Crippen LogP contribution is -2.44. The number of nitrogens with zero attached hydrogens (tertiary/aromatic N) is 2. The van der Waals surface area contributed by atoms with Crippen LogP contribution in [0.25, 0.3) is 33.5 Å². The highest BCUT2D eigenvalue weighted by atomic mass is 19.3. The molecule has 1 aromatic heterocycles. The van der Waals surface area contributed by atoms with Gasteiger partial charge in [0, 0.05) is 33.5 Å². The molecule has 0 amide bonds. The van der Waals surface area contributed by atoms with Gasteiger partial charge in [-0.15, -0.1) is 0 Å². The van der Waals surface area contributed by atoms with Gasteiger partial charge in [0.05, 0.1) is 24.2 Å². The Labute approximate surface area is 442 Å². The van der Waals surface area contributed by atoms with Crippen molar-refractivity contribution in [2.24, 2.45) is 4.99 Å². The molecule has 7 rings (SSSR count). The summed E-state index contributed by atoms with van der Waals surface area (Å²) in [5, 5.41) is 0. The van der Waals surface area contributed by atoms with Gasteiger partial charge in [-0.3, -0.25) is 0 Å². The molecule has 2 heterocycles. The molecule has 0 saturated heterocycles. The number of aromatic nitrogens is 1. The number of rotatable bonds is 16. The first-order valence-electron chi connectivity index (χ1n) is 25.2. The first kappa shape index (κ1) is 57.5. The van der Waals surface area contributed by atoms with Gasteiger partial charge in [0.2, 0.25) is 0 Å². The molecule has 0 unspecified atom stereocenters. The van der Waals surface area contributed by atoms with Gasteiger partial charge < -0.3 is 18.5 Å². The van der Waals surface area contributed by atoms with Gasteiger partial charge in [-0.05, 0) is 78.8 Å². The van der Waals surface area contributed by atoms with E-state index in [0.717, 1.165) is 27.8 Å². The van der Waals surface area contributed by atoms with Gasteiger partial charge in [-0.2, -0.15) is 17.6 Å². The van der Waals surface area contributed by atoms with Crippen LogP contribution in [-0.4, -0.2) is 62.5 Å². The molecule has 5 aromatic carbocycles. The van der Waals surface area contributed by atoms with Crippen LogP contribution in [0, 0.1) is 0 Å². The van der Waals surface area contributed by atoms with Crippen molar-refractivity contribution < 1.29 is 49.2 Å². The smallest absolute Gasteiger partial charge is 0.496 e. The van der Waals surface area contributed by atoms with Crippen molar-refractivity contribution in [2.75, 3.05) is 20.3 Å². The van der Waals surface area contributed by atoms with E-state index in [1.165, 1.54) is 11.6 Å². The number of benzene rings is 5. The quantitative estimate of drug-likeness (QED) is 0.0717. The zero-order chi connectivity index (χ0) is 55.9. The maximum Gasteiger partial charge on any atom is 0.598 e. The van der Waals surface area contributed by atoms with Crippen LogP contribution in [0.3, 0.4) is 0 Å². The predicted molar refractivity (Wildman–Crippen MR) is 291 cm³/mol. The summed E-state index contributed by atoms with van der Waals surface area (Å²) in [7, 11) is -1.02. The van der Waals surface area contributed by atoms with Crippen LogP contribution in [0.5, 0.6) is 5.75 Å². The van der Waals surface area contributed by atoms with Crippen molar-refractivity contribution >= 4 is 24.1 Å². The van der Waals surface area contributed by atoms with Gasteiger partial charge in [0.25, 0.3) is 0 Å². The van der Waals surface area contributed by atoms with Crippen molar-refractivity contribution in [3.05, 3.63) is 184 Å². The van der Waals surface area contributed by atoms with Gasteiger partial charge >= 0.3 is 31.9 Å². The molecule has 6 aromatic rings. The van der Waals surface area contributed by atoms with Crippen LogP contribution in [0.15, 0.2) is 144 Å². The summed E-state index contributed by atoms with van der Waals surface area (Å²) in [6.07, 6.45) is -6.58. The SMILES string of the molecule is COc1ccccc1/C(=C1/N=C(c2ccc(C(C)(C)C)cc2)C=C1c1ccc(C(C)(C)C)cc1)c1c(-c2ccc(C(C)(C)C)cc2)cc(-c2ccc(C(C)(C)C)cc2)n1B(OCC(F)(F)C(F)F)OCC(F)(F)C(F)F. The topological polar surface area (TPSA) is 45.0 Å². The van der Waals surface area contributed by atoms with Crippen molar-refractivity contribution in [1.82, 2.24) is 4.48 Å². The predicted octanol–water partition coefficient (Wildman–Crippen LogP) is 17.0. The highest BCUT2D eigenvalue weighted by Gasteiger charge is 2.47. The minimum absolute atomic E-state index is 0.0638. The van der Waals surface area contributed by atoms with Crippen LogP contribution in [0.1, 0.15) is 128 Å². The summed E-state index contributed by atoms with van der Waals surface area (Å²) in [6, 6.07) is 39.3. The summed E-state index contributed by atoms with van der Waals surface area (Å²) < 4.78 is 136. The molecule has 402 valence electrons. The standard InChI is InChI=1S/C62H67BF8N2O3/c1-57(2,3)42-26-18-38(19-27-42)47-34-49(40-22-30-44(31-23-40)59(7,8)9)72-53(47)52(46-16-14-15-17-51(46)74-13)54-48(39-20-28-43(29-21-39)58(4,5)6)35-50(41-24-32-45(33-25-41)60(10,11)12)73(54)63(75-36-61(68,69)55(64)65)76-37-62(70,71)56(66)67/h14-35,55-56H,36-37H2,1-13H3/b53-52-. The Bertz CT molecular complexity index is 3070. The average molecular weight is 1050 g/mol. The van der Waals surface area contributed by atoms with E-state index >= 15 is 17.6 Å². The second-order valence-electron chi connectivity index (χ2n) is 23.5. The number of halogens is 8. The molecule has 0 spiro atoms. The summed E-state index contributed by atoms with van der Waals surface area (Å²) in [6.45, 7) is 20.7. The fourth-order valence-corrected chi connectivity index (χ4v) is 8.91. The monoisotopic (exact) mass is 1050 g/mol. The van der Waals surface area contributed by atoms with E-state index in [-0.39, 0.29) is 38.6 Å². The second kappa shape index (κ2) is 21.6. The minimum atomic E-state index is -4.84. The fraction of sp³-hybridized carbons (Fsp3) is 0.371. The molecule has 0 saturated carbocycles. The number of ether oxygens (including phenoxy) is 1. The number of methoxy groups -OCH3 is 1. The molecule has 0 aliphatic carbocycles.